The largest absolute Gasteiger partial charge is 0.398 e. The van der Waals surface area contributed by atoms with Gasteiger partial charge in [0.25, 0.3) is 0 Å². The maximum Gasteiger partial charge on any atom is 0.242 e. The predicted molar refractivity (Wildman–Crippen MR) is 87.7 cm³/mol. The van der Waals surface area contributed by atoms with Crippen LogP contribution in [0.1, 0.15) is 25.8 Å². The summed E-state index contributed by atoms with van der Waals surface area (Å²) >= 11 is 0. The first-order valence-electron chi connectivity index (χ1n) is 7.15. The van der Waals surface area contributed by atoms with Crippen molar-refractivity contribution in [3.8, 4) is 0 Å². The molecular formula is C15H27N3O2S. The number of rotatable bonds is 7. The van der Waals surface area contributed by atoms with Gasteiger partial charge in [0.2, 0.25) is 10.0 Å². The number of hydrogen-bond acceptors (Lipinski definition) is 4. The van der Waals surface area contributed by atoms with Crippen LogP contribution in [0.5, 0.6) is 0 Å². The van der Waals surface area contributed by atoms with Crippen LogP contribution >= 0.6 is 0 Å². The number of nitrogens with two attached hydrogens (primary N) is 1. The van der Waals surface area contributed by atoms with Gasteiger partial charge < -0.3 is 10.6 Å². The topological polar surface area (TPSA) is 75.4 Å². The number of anilines is 1. The number of sulfonamides is 1. The Balaban J connectivity index is 2.99. The molecule has 0 heterocycles. The third kappa shape index (κ3) is 5.65. The van der Waals surface area contributed by atoms with Crippen LogP contribution in [-0.4, -0.2) is 40.0 Å². The molecule has 0 aliphatic heterocycles. The van der Waals surface area contributed by atoms with Gasteiger partial charge in [-0.25, -0.2) is 13.1 Å². The number of nitrogen functional groups attached to an aromatic ring is 1. The van der Waals surface area contributed by atoms with Crippen LogP contribution in [0, 0.1) is 12.8 Å². The summed E-state index contributed by atoms with van der Waals surface area (Å²) in [6, 6.07) is 4.87. The van der Waals surface area contributed by atoms with Gasteiger partial charge in [0.15, 0.2) is 0 Å². The Hall–Kier alpha value is -1.11. The second-order valence-corrected chi connectivity index (χ2v) is 7.93. The average molecular weight is 313 g/mol. The fourth-order valence-electron chi connectivity index (χ4n) is 2.37. The molecule has 0 saturated carbocycles. The van der Waals surface area contributed by atoms with E-state index in [4.69, 9.17) is 5.73 Å². The third-order valence-electron chi connectivity index (χ3n) is 3.12. The Morgan fingerprint density at radius 1 is 1.29 bits per heavy atom. The van der Waals surface area contributed by atoms with E-state index in [1.807, 2.05) is 25.9 Å². The van der Waals surface area contributed by atoms with Crippen molar-refractivity contribution in [2.24, 2.45) is 5.92 Å². The highest BCUT2D eigenvalue weighted by Gasteiger charge is 2.23. The normalized spacial score (nSPS) is 13.9. The minimum atomic E-state index is -3.60. The van der Waals surface area contributed by atoms with Crippen LogP contribution in [0.3, 0.4) is 0 Å². The predicted octanol–water partition coefficient (Wildman–Crippen LogP) is 1.83. The highest BCUT2D eigenvalue weighted by atomic mass is 32.2. The maximum atomic E-state index is 12.5. The molecule has 0 radical (unpaired) electrons. The van der Waals surface area contributed by atoms with Gasteiger partial charge in [0, 0.05) is 12.6 Å². The lowest BCUT2D eigenvalue weighted by Gasteiger charge is -2.24. The first-order valence-corrected chi connectivity index (χ1v) is 8.63. The van der Waals surface area contributed by atoms with Gasteiger partial charge in [-0.05, 0) is 51.1 Å². The Bertz CT molecular complexity index is 558. The molecule has 0 bridgehead atoms. The lowest BCUT2D eigenvalue weighted by atomic mass is 10.0. The summed E-state index contributed by atoms with van der Waals surface area (Å²) in [6.07, 6.45) is 0.781. The summed E-state index contributed by atoms with van der Waals surface area (Å²) in [7, 11) is 0.265. The standard InChI is InChI=1S/C15H27N3O2S/c1-11(2)8-13(10-18(4)5)17-21(19,20)15-7-6-12(3)9-14(15)16/h6-7,9,11,13,17H,8,10,16H2,1-5H3. The van der Waals surface area contributed by atoms with E-state index in [9.17, 15) is 8.42 Å². The minimum Gasteiger partial charge on any atom is -0.398 e. The molecule has 1 atom stereocenters. The Morgan fingerprint density at radius 3 is 2.38 bits per heavy atom. The van der Waals surface area contributed by atoms with E-state index in [-0.39, 0.29) is 16.6 Å². The zero-order valence-corrected chi connectivity index (χ0v) is 14.4. The zero-order chi connectivity index (χ0) is 16.2. The molecule has 0 amide bonds. The highest BCUT2D eigenvalue weighted by Crippen LogP contribution is 2.20. The monoisotopic (exact) mass is 313 g/mol. The van der Waals surface area contributed by atoms with Crippen molar-refractivity contribution in [3.05, 3.63) is 23.8 Å². The van der Waals surface area contributed by atoms with E-state index in [0.29, 0.717) is 12.5 Å². The van der Waals surface area contributed by atoms with Gasteiger partial charge in [0.1, 0.15) is 4.90 Å². The van der Waals surface area contributed by atoms with Crippen molar-refractivity contribution >= 4 is 15.7 Å². The van der Waals surface area contributed by atoms with Crippen LogP contribution in [0.25, 0.3) is 0 Å². The van der Waals surface area contributed by atoms with E-state index in [1.165, 1.54) is 0 Å². The van der Waals surface area contributed by atoms with Crippen molar-refractivity contribution in [2.45, 2.75) is 38.1 Å². The van der Waals surface area contributed by atoms with E-state index in [2.05, 4.69) is 18.6 Å². The molecule has 1 aromatic rings. The second kappa shape index (κ2) is 7.24. The lowest BCUT2D eigenvalue weighted by molar-refractivity contribution is 0.329. The van der Waals surface area contributed by atoms with Crippen molar-refractivity contribution in [3.63, 3.8) is 0 Å². The molecule has 5 nitrogen and oxygen atoms in total. The van der Waals surface area contributed by atoms with Gasteiger partial charge >= 0.3 is 0 Å². The molecule has 6 heteroatoms. The maximum absolute atomic E-state index is 12.5. The fraction of sp³-hybridized carbons (Fsp3) is 0.600. The molecule has 0 fully saturated rings. The van der Waals surface area contributed by atoms with Crippen molar-refractivity contribution in [1.82, 2.24) is 9.62 Å². The van der Waals surface area contributed by atoms with Gasteiger partial charge in [-0.2, -0.15) is 0 Å². The summed E-state index contributed by atoms with van der Waals surface area (Å²) in [5, 5.41) is 0. The number of likely N-dealkylation sites (N-methyl/N-ethyl adjacent to an activating group) is 1. The minimum absolute atomic E-state index is 0.134. The van der Waals surface area contributed by atoms with Crippen LogP contribution in [-0.2, 0) is 10.0 Å². The molecule has 0 saturated heterocycles. The van der Waals surface area contributed by atoms with Crippen molar-refractivity contribution in [1.29, 1.82) is 0 Å². The number of benzene rings is 1. The molecular weight excluding hydrogens is 286 g/mol. The van der Waals surface area contributed by atoms with Crippen molar-refractivity contribution < 1.29 is 8.42 Å². The molecule has 120 valence electrons. The second-order valence-electron chi connectivity index (χ2n) is 6.25. The molecule has 21 heavy (non-hydrogen) atoms. The SMILES string of the molecule is Cc1ccc(S(=O)(=O)NC(CC(C)C)CN(C)C)c(N)c1. The first-order chi connectivity index (χ1) is 9.61. The Kier molecular flexibility index (Phi) is 6.19. The summed E-state index contributed by atoms with van der Waals surface area (Å²) in [6.45, 7) is 6.70. The molecule has 1 rings (SSSR count). The lowest BCUT2D eigenvalue weighted by Crippen LogP contribution is -2.42. The highest BCUT2D eigenvalue weighted by molar-refractivity contribution is 7.89. The van der Waals surface area contributed by atoms with E-state index in [0.717, 1.165) is 12.0 Å². The van der Waals surface area contributed by atoms with Gasteiger partial charge in [0.05, 0.1) is 5.69 Å². The Morgan fingerprint density at radius 2 is 1.90 bits per heavy atom. The number of nitrogens with one attached hydrogen (secondary N) is 1. The molecule has 3 N–H and O–H groups in total. The number of aryl methyl sites for hydroxylation is 1. The Labute approximate surface area is 128 Å². The number of nitrogens with zero attached hydrogens (tertiary/aromatic N) is 1. The fourth-order valence-corrected chi connectivity index (χ4v) is 3.72. The van der Waals surface area contributed by atoms with Gasteiger partial charge in [-0.3, -0.25) is 0 Å². The van der Waals surface area contributed by atoms with Gasteiger partial charge in [-0.1, -0.05) is 19.9 Å². The molecule has 0 aliphatic rings. The summed E-state index contributed by atoms with van der Waals surface area (Å²) < 4.78 is 27.8. The molecule has 0 aromatic heterocycles. The zero-order valence-electron chi connectivity index (χ0n) is 13.6. The van der Waals surface area contributed by atoms with Crippen LogP contribution in [0.2, 0.25) is 0 Å². The smallest absolute Gasteiger partial charge is 0.242 e. The molecule has 0 spiro atoms. The van der Waals surface area contributed by atoms with Crippen LogP contribution in [0.4, 0.5) is 5.69 Å². The van der Waals surface area contributed by atoms with E-state index < -0.39 is 10.0 Å². The molecule has 1 aromatic carbocycles. The van der Waals surface area contributed by atoms with Gasteiger partial charge in [-0.15, -0.1) is 0 Å². The summed E-state index contributed by atoms with van der Waals surface area (Å²) in [4.78, 5) is 2.13. The third-order valence-corrected chi connectivity index (χ3v) is 4.71. The quantitative estimate of drug-likeness (QED) is 0.753. The summed E-state index contributed by atoms with van der Waals surface area (Å²) in [5.74, 6) is 0.410. The average Bonchev–Trinajstić information content (AvgIpc) is 2.24. The van der Waals surface area contributed by atoms with Crippen LogP contribution in [0.15, 0.2) is 23.1 Å². The van der Waals surface area contributed by atoms with Crippen molar-refractivity contribution in [2.75, 3.05) is 26.4 Å². The molecule has 1 unspecified atom stereocenters. The summed E-state index contributed by atoms with van der Waals surface area (Å²) in [5.41, 5.74) is 7.09. The first kappa shape index (κ1) is 17.9. The van der Waals surface area contributed by atoms with E-state index in [1.54, 1.807) is 18.2 Å². The van der Waals surface area contributed by atoms with E-state index >= 15 is 0 Å². The molecule has 0 aliphatic carbocycles. The number of hydrogen-bond donors (Lipinski definition) is 2. The van der Waals surface area contributed by atoms with Crippen LogP contribution < -0.4 is 10.5 Å².